The quantitative estimate of drug-likeness (QED) is 0.162. The molecule has 53 heavy (non-hydrogen) atoms. The predicted molar refractivity (Wildman–Crippen MR) is 212 cm³/mol. The molecule has 0 spiro atoms. The van der Waals surface area contributed by atoms with Crippen LogP contribution in [0.5, 0.6) is 0 Å². The molecule has 8 aromatic rings. The first-order chi connectivity index (χ1) is 29.9. The SMILES string of the molecule is [2H]C([2H])([2H])c1c[c-]c(-c2ccc(F)cn2)cc1.[2H]c1cc(C([2H])([2H])C(C)(C)C)cc(C([2H])([2H])[2H])c1-c1cc(-c2[c-]ccc3c2oc2c(-c4ccccc4)cccc23)ncc1C([2H])([2H])[2H].[Ir]. The fourth-order valence-corrected chi connectivity index (χ4v) is 5.94. The summed E-state index contributed by atoms with van der Waals surface area (Å²) in [7, 11) is 0. The van der Waals surface area contributed by atoms with Crippen molar-refractivity contribution >= 4 is 21.9 Å². The number of halogens is 1. The molecule has 5 heteroatoms. The maximum atomic E-state index is 12.7. The van der Waals surface area contributed by atoms with Crippen LogP contribution in [-0.4, -0.2) is 9.97 Å². The molecule has 0 amide bonds. The van der Waals surface area contributed by atoms with Gasteiger partial charge in [-0.3, -0.25) is 0 Å². The monoisotopic (exact) mass is 885 g/mol. The first-order valence-corrected chi connectivity index (χ1v) is 16.6. The van der Waals surface area contributed by atoms with Gasteiger partial charge in [0.25, 0.3) is 0 Å². The van der Waals surface area contributed by atoms with E-state index in [1.54, 1.807) is 32.9 Å². The molecule has 0 aliphatic carbocycles. The van der Waals surface area contributed by atoms with Crippen LogP contribution in [0.3, 0.4) is 0 Å². The third-order valence-corrected chi connectivity index (χ3v) is 8.25. The molecule has 0 atom stereocenters. The molecule has 3 heterocycles. The number of rotatable bonds is 5. The summed E-state index contributed by atoms with van der Waals surface area (Å²) in [6.07, 6.45) is 0.316. The number of hydrogen-bond donors (Lipinski definition) is 0. The van der Waals surface area contributed by atoms with Crippen molar-refractivity contribution in [1.29, 1.82) is 0 Å². The minimum absolute atomic E-state index is 0. The normalized spacial score (nSPS) is 15.5. The Morgan fingerprint density at radius 1 is 0.755 bits per heavy atom. The molecule has 0 aliphatic heterocycles. The fraction of sp³-hybridized carbons (Fsp3) is 0.167. The molecule has 0 fully saturated rings. The molecule has 8 rings (SSSR count). The maximum Gasteiger partial charge on any atom is 0.139 e. The molecule has 5 aromatic carbocycles. The van der Waals surface area contributed by atoms with Gasteiger partial charge in [-0.2, -0.15) is 0 Å². The van der Waals surface area contributed by atoms with Gasteiger partial charge in [-0.25, -0.2) is 4.39 Å². The van der Waals surface area contributed by atoms with E-state index in [0.29, 0.717) is 28.0 Å². The molecule has 267 valence electrons. The molecule has 1 radical (unpaired) electrons. The van der Waals surface area contributed by atoms with E-state index in [9.17, 15) is 4.39 Å². The van der Waals surface area contributed by atoms with Crippen molar-refractivity contribution in [2.24, 2.45) is 5.41 Å². The largest absolute Gasteiger partial charge is 0.500 e. The van der Waals surface area contributed by atoms with Crippen LogP contribution in [0.1, 0.15) is 59.5 Å². The van der Waals surface area contributed by atoms with Crippen LogP contribution in [0.15, 0.2) is 132 Å². The summed E-state index contributed by atoms with van der Waals surface area (Å²) in [6, 6.07) is 36.4. The first kappa shape index (κ1) is 24.9. The van der Waals surface area contributed by atoms with Gasteiger partial charge in [0.15, 0.2) is 0 Å². The molecule has 0 bridgehead atoms. The van der Waals surface area contributed by atoms with Gasteiger partial charge in [0.05, 0.1) is 13.2 Å². The number of furan rings is 1. The topological polar surface area (TPSA) is 38.9 Å². The van der Waals surface area contributed by atoms with Gasteiger partial charge in [-0.15, -0.1) is 53.6 Å². The molecular weight excluding hydrogens is 832 g/mol. The van der Waals surface area contributed by atoms with Crippen molar-refractivity contribution in [2.75, 3.05) is 0 Å². The van der Waals surface area contributed by atoms with E-state index in [4.69, 9.17) is 20.9 Å². The Labute approximate surface area is 342 Å². The molecule has 3 aromatic heterocycles. The summed E-state index contributed by atoms with van der Waals surface area (Å²) in [6.45, 7) is -2.54. The average Bonchev–Trinajstić information content (AvgIpc) is 3.62. The maximum absolute atomic E-state index is 12.7. The van der Waals surface area contributed by atoms with Crippen molar-refractivity contribution in [1.82, 2.24) is 9.97 Å². The minimum atomic E-state index is -2.79. The Hall–Kier alpha value is -5.22. The molecule has 3 nitrogen and oxygen atoms in total. The van der Waals surface area contributed by atoms with Crippen molar-refractivity contribution in [2.45, 2.75) is 47.7 Å². The molecule has 0 N–H and O–H groups in total. The zero-order chi connectivity index (χ0) is 46.6. The second kappa shape index (κ2) is 15.8. The summed E-state index contributed by atoms with van der Waals surface area (Å²) >= 11 is 0. The minimum Gasteiger partial charge on any atom is -0.500 e. The second-order valence-corrected chi connectivity index (χ2v) is 13.3. The number of pyridine rings is 2. The summed E-state index contributed by atoms with van der Waals surface area (Å²) in [5, 5.41) is 1.67. The van der Waals surface area contributed by atoms with Crippen LogP contribution in [0.2, 0.25) is 0 Å². The van der Waals surface area contributed by atoms with E-state index in [2.05, 4.69) is 22.1 Å². The summed E-state index contributed by atoms with van der Waals surface area (Å²) in [5.74, 6) is -0.409. The second-order valence-electron chi connectivity index (χ2n) is 13.3. The smallest absolute Gasteiger partial charge is 0.139 e. The average molecular weight is 885 g/mol. The van der Waals surface area contributed by atoms with Gasteiger partial charge in [-0.05, 0) is 76.3 Å². The van der Waals surface area contributed by atoms with Gasteiger partial charge in [-0.1, -0.05) is 117 Å². The number of fused-ring (bicyclic) bond motifs is 3. The molecule has 0 saturated carbocycles. The molecular formula is C48H41FIrN2O-2. The van der Waals surface area contributed by atoms with Crippen LogP contribution < -0.4 is 0 Å². The van der Waals surface area contributed by atoms with E-state index in [-0.39, 0.29) is 65.2 Å². The zero-order valence-corrected chi connectivity index (χ0v) is 31.5. The predicted octanol–water partition coefficient (Wildman–Crippen LogP) is 13.0. The summed E-state index contributed by atoms with van der Waals surface area (Å²) in [5.41, 5.74) is 3.62. The Bertz CT molecular complexity index is 2980. The van der Waals surface area contributed by atoms with E-state index < -0.39 is 38.2 Å². The van der Waals surface area contributed by atoms with Gasteiger partial charge >= 0.3 is 0 Å². The molecule has 0 saturated heterocycles. The van der Waals surface area contributed by atoms with Gasteiger partial charge < -0.3 is 14.4 Å². The third kappa shape index (κ3) is 8.38. The fourth-order valence-electron chi connectivity index (χ4n) is 5.94. The van der Waals surface area contributed by atoms with Crippen LogP contribution in [0.25, 0.3) is 66.7 Å². The van der Waals surface area contributed by atoms with Crippen LogP contribution >= 0.6 is 0 Å². The van der Waals surface area contributed by atoms with Crippen molar-refractivity contribution < 1.29 is 45.4 Å². The molecule has 0 aliphatic rings. The van der Waals surface area contributed by atoms with Gasteiger partial charge in [0.2, 0.25) is 0 Å². The van der Waals surface area contributed by atoms with Crippen molar-refractivity contribution in [3.8, 4) is 44.8 Å². The van der Waals surface area contributed by atoms with E-state index in [0.717, 1.165) is 28.1 Å². The molecule has 0 unspecified atom stereocenters. The van der Waals surface area contributed by atoms with E-state index >= 15 is 0 Å². The number of aryl methyl sites for hydroxylation is 3. The number of aromatic nitrogens is 2. The van der Waals surface area contributed by atoms with E-state index in [1.807, 2.05) is 54.6 Å². The zero-order valence-electron chi connectivity index (χ0n) is 41.1. The Morgan fingerprint density at radius 3 is 2.28 bits per heavy atom. The van der Waals surface area contributed by atoms with Crippen molar-refractivity contribution in [3.63, 3.8) is 0 Å². The Morgan fingerprint density at radius 2 is 1.57 bits per heavy atom. The summed E-state index contributed by atoms with van der Waals surface area (Å²) < 4.78 is 117. The number of para-hydroxylation sites is 1. The Balaban J connectivity index is 0.000000326. The van der Waals surface area contributed by atoms with Gasteiger partial charge in [0, 0.05) is 52.3 Å². The number of hydrogen-bond acceptors (Lipinski definition) is 3. The van der Waals surface area contributed by atoms with Crippen LogP contribution in [0.4, 0.5) is 4.39 Å². The van der Waals surface area contributed by atoms with E-state index in [1.165, 1.54) is 48.7 Å². The Kier molecular flexibility index (Phi) is 7.43. The van der Waals surface area contributed by atoms with Gasteiger partial charge in [0.1, 0.15) is 11.4 Å². The third-order valence-electron chi connectivity index (χ3n) is 8.25. The number of nitrogens with zero attached hydrogens (tertiary/aromatic N) is 2. The standard InChI is InChI=1S/C36H32NO.C12H9FN.Ir/c1-23-19-25(21-36(3,4)5)17-18-27(23)32-20-33(37-22-24(32)2)31-16-10-15-30-29-14-9-13-28(34(29)38-35(30)31)26-11-7-6-8-12-26;1-9-2-4-10(5-3-9)12-7-6-11(13)8-14-12;/h6-15,17-20,22H,21H2,1-5H3;2-4,6-8H,1H3;/q2*-1;/i1D3,2D3,18D,21D2;1D3;. The van der Waals surface area contributed by atoms with Crippen LogP contribution in [0, 0.1) is 43.9 Å². The summed E-state index contributed by atoms with van der Waals surface area (Å²) in [4.78, 5) is 8.39. The van der Waals surface area contributed by atoms with Crippen LogP contribution in [-0.2, 0) is 26.5 Å². The first-order valence-electron chi connectivity index (χ1n) is 22.6. The number of benzene rings is 5. The van der Waals surface area contributed by atoms with Crippen molar-refractivity contribution in [3.05, 3.63) is 168 Å².